The SMILES string of the molecule is COc1cccc(C(=O)N2C[C@H](C(=O)NCCC(C)C)[C@H](c3ccc(OC)cc3OC)C2)c1. The molecule has 7 nitrogen and oxygen atoms in total. The smallest absolute Gasteiger partial charge is 0.254 e. The van der Waals surface area contributed by atoms with Crippen LogP contribution in [0, 0.1) is 11.8 Å². The van der Waals surface area contributed by atoms with E-state index in [2.05, 4.69) is 19.2 Å². The minimum absolute atomic E-state index is 0.0422. The molecule has 1 N–H and O–H groups in total. The van der Waals surface area contributed by atoms with Crippen molar-refractivity contribution in [3.63, 3.8) is 0 Å². The second-order valence-corrected chi connectivity index (χ2v) is 8.74. The predicted octanol–water partition coefficient (Wildman–Crippen LogP) is 3.73. The average molecular weight is 455 g/mol. The van der Waals surface area contributed by atoms with E-state index in [1.54, 1.807) is 50.5 Å². The third-order valence-electron chi connectivity index (χ3n) is 6.12. The van der Waals surface area contributed by atoms with E-state index in [-0.39, 0.29) is 23.7 Å². The van der Waals surface area contributed by atoms with Gasteiger partial charge < -0.3 is 24.4 Å². The normalized spacial score (nSPS) is 17.7. The van der Waals surface area contributed by atoms with Gasteiger partial charge in [0.05, 0.1) is 27.2 Å². The van der Waals surface area contributed by atoms with E-state index in [1.807, 2.05) is 18.2 Å². The van der Waals surface area contributed by atoms with Crippen molar-refractivity contribution in [3.8, 4) is 17.2 Å². The zero-order valence-electron chi connectivity index (χ0n) is 20.1. The van der Waals surface area contributed by atoms with Gasteiger partial charge in [0.1, 0.15) is 17.2 Å². The van der Waals surface area contributed by atoms with Crippen LogP contribution >= 0.6 is 0 Å². The quantitative estimate of drug-likeness (QED) is 0.625. The summed E-state index contributed by atoms with van der Waals surface area (Å²) in [7, 11) is 4.77. The first-order valence-corrected chi connectivity index (χ1v) is 11.3. The highest BCUT2D eigenvalue weighted by molar-refractivity contribution is 5.95. The maximum absolute atomic E-state index is 13.3. The minimum atomic E-state index is -0.381. The summed E-state index contributed by atoms with van der Waals surface area (Å²) in [5, 5.41) is 3.07. The number of nitrogens with one attached hydrogen (secondary N) is 1. The van der Waals surface area contributed by atoms with E-state index in [9.17, 15) is 9.59 Å². The number of methoxy groups -OCH3 is 3. The molecular weight excluding hydrogens is 420 g/mol. The highest BCUT2D eigenvalue weighted by Gasteiger charge is 2.41. The number of hydrogen-bond acceptors (Lipinski definition) is 5. The Morgan fingerprint density at radius 3 is 2.39 bits per heavy atom. The van der Waals surface area contributed by atoms with Gasteiger partial charge in [-0.3, -0.25) is 9.59 Å². The van der Waals surface area contributed by atoms with Crippen LogP contribution in [0.1, 0.15) is 42.1 Å². The van der Waals surface area contributed by atoms with Crippen molar-refractivity contribution < 1.29 is 23.8 Å². The molecule has 2 aromatic rings. The standard InChI is InChI=1S/C26H34N2O5/c1-17(2)11-12-27-25(29)23-16-28(26(30)18-7-6-8-19(13-18)31-3)15-22(23)21-10-9-20(32-4)14-24(21)33-5/h6-10,13-14,17,22-23H,11-12,15-16H2,1-5H3,(H,27,29)/t22-,23-/m0/s1. The molecule has 0 spiro atoms. The van der Waals surface area contributed by atoms with Gasteiger partial charge in [-0.15, -0.1) is 0 Å². The summed E-state index contributed by atoms with van der Waals surface area (Å²) in [6.45, 7) is 5.62. The van der Waals surface area contributed by atoms with E-state index in [0.717, 1.165) is 12.0 Å². The van der Waals surface area contributed by atoms with E-state index in [4.69, 9.17) is 14.2 Å². The molecule has 0 aliphatic carbocycles. The molecule has 2 amide bonds. The number of ether oxygens (including phenoxy) is 3. The minimum Gasteiger partial charge on any atom is -0.497 e. The summed E-state index contributed by atoms with van der Waals surface area (Å²) >= 11 is 0. The van der Waals surface area contributed by atoms with Gasteiger partial charge in [-0.1, -0.05) is 26.0 Å². The number of carbonyl (C=O) groups excluding carboxylic acids is 2. The second-order valence-electron chi connectivity index (χ2n) is 8.74. The van der Waals surface area contributed by atoms with Gasteiger partial charge >= 0.3 is 0 Å². The Morgan fingerprint density at radius 2 is 1.73 bits per heavy atom. The fourth-order valence-electron chi connectivity index (χ4n) is 4.23. The van der Waals surface area contributed by atoms with Crippen molar-refractivity contribution in [2.24, 2.45) is 11.8 Å². The van der Waals surface area contributed by atoms with Crippen LogP contribution in [0.4, 0.5) is 0 Å². The Labute approximate surface area is 196 Å². The predicted molar refractivity (Wildman–Crippen MR) is 127 cm³/mol. The lowest BCUT2D eigenvalue weighted by Crippen LogP contribution is -2.36. The molecule has 0 aromatic heterocycles. The van der Waals surface area contributed by atoms with Gasteiger partial charge in [0.2, 0.25) is 5.91 Å². The molecule has 0 bridgehead atoms. The van der Waals surface area contributed by atoms with Gasteiger partial charge in [-0.05, 0) is 36.6 Å². The molecule has 178 valence electrons. The molecule has 1 saturated heterocycles. The summed E-state index contributed by atoms with van der Waals surface area (Å²) in [4.78, 5) is 28.3. The first-order chi connectivity index (χ1) is 15.9. The van der Waals surface area contributed by atoms with Crippen LogP contribution in [0.15, 0.2) is 42.5 Å². The molecule has 0 unspecified atom stereocenters. The Morgan fingerprint density at radius 1 is 1.00 bits per heavy atom. The number of nitrogens with zero attached hydrogens (tertiary/aromatic N) is 1. The number of carbonyl (C=O) groups is 2. The van der Waals surface area contributed by atoms with Crippen molar-refractivity contribution in [1.82, 2.24) is 10.2 Å². The molecule has 2 aromatic carbocycles. The fourth-order valence-corrected chi connectivity index (χ4v) is 4.23. The van der Waals surface area contributed by atoms with Crippen molar-refractivity contribution in [2.45, 2.75) is 26.2 Å². The largest absolute Gasteiger partial charge is 0.497 e. The zero-order valence-corrected chi connectivity index (χ0v) is 20.1. The van der Waals surface area contributed by atoms with Gasteiger partial charge in [-0.25, -0.2) is 0 Å². The van der Waals surface area contributed by atoms with Gasteiger partial charge in [0.15, 0.2) is 0 Å². The van der Waals surface area contributed by atoms with Crippen LogP contribution in [-0.4, -0.2) is 57.7 Å². The van der Waals surface area contributed by atoms with Gasteiger partial charge in [0, 0.05) is 42.7 Å². The molecule has 2 atom stereocenters. The lowest BCUT2D eigenvalue weighted by molar-refractivity contribution is -0.124. The number of benzene rings is 2. The number of amides is 2. The van der Waals surface area contributed by atoms with Crippen molar-refractivity contribution in [3.05, 3.63) is 53.6 Å². The monoisotopic (exact) mass is 454 g/mol. The van der Waals surface area contributed by atoms with Crippen molar-refractivity contribution in [2.75, 3.05) is 41.0 Å². The molecular formula is C26H34N2O5. The lowest BCUT2D eigenvalue weighted by Gasteiger charge is -2.21. The molecule has 33 heavy (non-hydrogen) atoms. The van der Waals surface area contributed by atoms with E-state index in [0.29, 0.717) is 48.4 Å². The molecule has 1 heterocycles. The summed E-state index contributed by atoms with van der Waals surface area (Å²) in [5.74, 6) is 1.71. The summed E-state index contributed by atoms with van der Waals surface area (Å²) in [6.07, 6.45) is 0.904. The lowest BCUT2D eigenvalue weighted by atomic mass is 9.87. The van der Waals surface area contributed by atoms with E-state index >= 15 is 0 Å². The average Bonchev–Trinajstić information content (AvgIpc) is 3.28. The number of likely N-dealkylation sites (tertiary alicyclic amines) is 1. The highest BCUT2D eigenvalue weighted by atomic mass is 16.5. The first-order valence-electron chi connectivity index (χ1n) is 11.3. The molecule has 1 aliphatic rings. The van der Waals surface area contributed by atoms with E-state index in [1.165, 1.54) is 0 Å². The Bertz CT molecular complexity index is 975. The maximum Gasteiger partial charge on any atom is 0.254 e. The molecule has 1 aliphatic heterocycles. The summed E-state index contributed by atoms with van der Waals surface area (Å²) < 4.78 is 16.2. The van der Waals surface area contributed by atoms with Crippen LogP contribution in [0.25, 0.3) is 0 Å². The maximum atomic E-state index is 13.3. The van der Waals surface area contributed by atoms with Crippen molar-refractivity contribution in [1.29, 1.82) is 0 Å². The Kier molecular flexibility index (Phi) is 8.20. The Balaban J connectivity index is 1.89. The van der Waals surface area contributed by atoms with Crippen molar-refractivity contribution >= 4 is 11.8 Å². The summed E-state index contributed by atoms with van der Waals surface area (Å²) in [6, 6.07) is 12.7. The highest BCUT2D eigenvalue weighted by Crippen LogP contribution is 2.39. The Hall–Kier alpha value is -3.22. The third kappa shape index (κ3) is 5.78. The molecule has 1 fully saturated rings. The molecule has 0 saturated carbocycles. The van der Waals surface area contributed by atoms with E-state index < -0.39 is 0 Å². The van der Waals surface area contributed by atoms with Crippen LogP contribution < -0.4 is 19.5 Å². The summed E-state index contributed by atoms with van der Waals surface area (Å²) in [5.41, 5.74) is 1.43. The van der Waals surface area contributed by atoms with Gasteiger partial charge in [-0.2, -0.15) is 0 Å². The molecule has 7 heteroatoms. The van der Waals surface area contributed by atoms with Crippen LogP contribution in [0.2, 0.25) is 0 Å². The van der Waals surface area contributed by atoms with Crippen LogP contribution in [0.5, 0.6) is 17.2 Å². The van der Waals surface area contributed by atoms with Crippen LogP contribution in [-0.2, 0) is 4.79 Å². The zero-order chi connectivity index (χ0) is 24.0. The first kappa shape index (κ1) is 24.4. The number of hydrogen-bond donors (Lipinski definition) is 1. The molecule has 3 rings (SSSR count). The van der Waals surface area contributed by atoms with Crippen LogP contribution in [0.3, 0.4) is 0 Å². The second kappa shape index (κ2) is 11.1. The number of rotatable bonds is 9. The molecule has 0 radical (unpaired) electrons. The topological polar surface area (TPSA) is 77.1 Å². The van der Waals surface area contributed by atoms with Gasteiger partial charge in [0.25, 0.3) is 5.91 Å². The fraction of sp³-hybridized carbons (Fsp3) is 0.462. The third-order valence-corrected chi connectivity index (χ3v) is 6.12.